The summed E-state index contributed by atoms with van der Waals surface area (Å²) in [5, 5.41) is 2.79. The third-order valence-electron chi connectivity index (χ3n) is 1.67. The van der Waals surface area contributed by atoms with E-state index in [1.807, 2.05) is 19.9 Å². The molecule has 1 heterocycles. The summed E-state index contributed by atoms with van der Waals surface area (Å²) in [7, 11) is 0. The van der Waals surface area contributed by atoms with Crippen LogP contribution in [-0.4, -0.2) is 5.91 Å². The number of carbonyl (C=O) groups is 1. The van der Waals surface area contributed by atoms with E-state index in [-0.39, 0.29) is 5.91 Å². The topological polar surface area (TPSA) is 29.1 Å². The molecule has 0 aliphatic carbocycles. The Morgan fingerprint density at radius 2 is 2.09 bits per heavy atom. The lowest BCUT2D eigenvalue weighted by molar-refractivity contribution is -0.119. The van der Waals surface area contributed by atoms with Crippen molar-refractivity contribution in [1.29, 1.82) is 0 Å². The van der Waals surface area contributed by atoms with E-state index >= 15 is 0 Å². The van der Waals surface area contributed by atoms with E-state index < -0.39 is 0 Å². The Morgan fingerprint density at radius 3 is 2.82 bits per heavy atom. The van der Waals surface area contributed by atoms with E-state index in [4.69, 9.17) is 0 Å². The first kappa shape index (κ1) is 8.05. The van der Waals surface area contributed by atoms with Crippen molar-refractivity contribution in [1.82, 2.24) is 5.32 Å². The zero-order valence-corrected chi connectivity index (χ0v) is 6.98. The number of rotatable bonds is 0. The van der Waals surface area contributed by atoms with Gasteiger partial charge in [0.05, 0.1) is 0 Å². The van der Waals surface area contributed by atoms with Crippen molar-refractivity contribution in [3.8, 4) is 0 Å². The van der Waals surface area contributed by atoms with Crippen molar-refractivity contribution in [2.24, 2.45) is 0 Å². The first-order valence-electron chi connectivity index (χ1n) is 3.81. The van der Waals surface area contributed by atoms with Crippen LogP contribution < -0.4 is 5.32 Å². The average Bonchev–Trinajstić information content (AvgIpc) is 1.83. The van der Waals surface area contributed by atoms with E-state index in [0.29, 0.717) is 6.42 Å². The third-order valence-corrected chi connectivity index (χ3v) is 1.67. The molecule has 0 radical (unpaired) electrons. The highest BCUT2D eigenvalue weighted by Crippen LogP contribution is 2.06. The third kappa shape index (κ3) is 2.58. The molecule has 0 atom stereocenters. The van der Waals surface area contributed by atoms with Gasteiger partial charge in [0, 0.05) is 12.1 Å². The zero-order valence-electron chi connectivity index (χ0n) is 6.98. The van der Waals surface area contributed by atoms with Crippen molar-refractivity contribution >= 4 is 5.91 Å². The first-order valence-corrected chi connectivity index (χ1v) is 3.81. The van der Waals surface area contributed by atoms with Crippen LogP contribution in [0.3, 0.4) is 0 Å². The molecule has 0 aromatic heterocycles. The molecule has 0 aromatic rings. The number of carbonyl (C=O) groups excluding carboxylic acids is 1. The second-order valence-corrected chi connectivity index (χ2v) is 2.90. The zero-order chi connectivity index (χ0) is 8.27. The number of nitrogens with one attached hydrogen (secondary N) is 1. The van der Waals surface area contributed by atoms with Crippen molar-refractivity contribution in [3.05, 3.63) is 23.4 Å². The standard InChI is InChI=1S/C9H13NO/c1-7-4-3-5-8(2)10-9(11)6-7/h4-5H,3,6H2,1-2H3,(H,10,11)/b7-4-,8-5-. The Labute approximate surface area is 67.0 Å². The largest absolute Gasteiger partial charge is 0.330 e. The number of allylic oxidation sites excluding steroid dienone is 3. The minimum absolute atomic E-state index is 0.0900. The van der Waals surface area contributed by atoms with Crippen molar-refractivity contribution in [2.45, 2.75) is 26.7 Å². The maximum atomic E-state index is 11.1. The summed E-state index contributed by atoms with van der Waals surface area (Å²) in [5.74, 6) is 0.0900. The molecule has 1 amide bonds. The molecular weight excluding hydrogens is 138 g/mol. The van der Waals surface area contributed by atoms with Gasteiger partial charge in [-0.25, -0.2) is 0 Å². The van der Waals surface area contributed by atoms with E-state index in [2.05, 4.69) is 11.4 Å². The molecule has 0 saturated heterocycles. The Bertz CT molecular complexity index is 204. The molecule has 1 N–H and O–H groups in total. The summed E-state index contributed by atoms with van der Waals surface area (Å²) in [6, 6.07) is 0. The van der Waals surface area contributed by atoms with Crippen molar-refractivity contribution in [2.75, 3.05) is 0 Å². The molecular formula is C9H13NO. The van der Waals surface area contributed by atoms with Gasteiger partial charge in [-0.1, -0.05) is 17.7 Å². The van der Waals surface area contributed by atoms with Gasteiger partial charge in [-0.15, -0.1) is 0 Å². The lowest BCUT2D eigenvalue weighted by Gasteiger charge is -2.08. The lowest BCUT2D eigenvalue weighted by Crippen LogP contribution is -2.21. The minimum Gasteiger partial charge on any atom is -0.330 e. The molecule has 60 valence electrons. The molecule has 1 rings (SSSR count). The SMILES string of the molecule is C/C1=C/C/C=C(/C)NC(=O)C1. The Hall–Kier alpha value is -1.05. The summed E-state index contributed by atoms with van der Waals surface area (Å²) in [5.41, 5.74) is 2.10. The Morgan fingerprint density at radius 1 is 1.36 bits per heavy atom. The smallest absolute Gasteiger partial charge is 0.228 e. The summed E-state index contributed by atoms with van der Waals surface area (Å²) in [6.45, 7) is 3.89. The summed E-state index contributed by atoms with van der Waals surface area (Å²) in [4.78, 5) is 11.1. The Balaban J connectivity index is 2.72. The van der Waals surface area contributed by atoms with Crippen LogP contribution in [0.25, 0.3) is 0 Å². The van der Waals surface area contributed by atoms with Gasteiger partial charge in [0.25, 0.3) is 0 Å². The van der Waals surface area contributed by atoms with E-state index in [1.54, 1.807) is 0 Å². The summed E-state index contributed by atoms with van der Waals surface area (Å²) >= 11 is 0. The molecule has 2 nitrogen and oxygen atoms in total. The molecule has 11 heavy (non-hydrogen) atoms. The number of hydrogen-bond donors (Lipinski definition) is 1. The van der Waals surface area contributed by atoms with Crippen LogP contribution in [0.1, 0.15) is 26.7 Å². The van der Waals surface area contributed by atoms with Gasteiger partial charge >= 0.3 is 0 Å². The van der Waals surface area contributed by atoms with Gasteiger partial charge in [0.2, 0.25) is 5.91 Å². The van der Waals surface area contributed by atoms with Gasteiger partial charge < -0.3 is 5.32 Å². The lowest BCUT2D eigenvalue weighted by atomic mass is 10.1. The normalized spacial score (nSPS) is 28.7. The maximum absolute atomic E-state index is 11.1. The molecule has 2 heteroatoms. The fourth-order valence-corrected chi connectivity index (χ4v) is 1.08. The van der Waals surface area contributed by atoms with Crippen LogP contribution in [0.5, 0.6) is 0 Å². The fourth-order valence-electron chi connectivity index (χ4n) is 1.08. The summed E-state index contributed by atoms with van der Waals surface area (Å²) in [6.07, 6.45) is 5.56. The highest BCUT2D eigenvalue weighted by atomic mass is 16.1. The maximum Gasteiger partial charge on any atom is 0.228 e. The van der Waals surface area contributed by atoms with Crippen LogP contribution in [0, 0.1) is 0 Å². The molecule has 1 aliphatic heterocycles. The first-order chi connectivity index (χ1) is 5.18. The summed E-state index contributed by atoms with van der Waals surface area (Å²) < 4.78 is 0. The van der Waals surface area contributed by atoms with E-state index in [0.717, 1.165) is 17.7 Å². The second-order valence-electron chi connectivity index (χ2n) is 2.90. The second kappa shape index (κ2) is 3.37. The van der Waals surface area contributed by atoms with Gasteiger partial charge in [0.15, 0.2) is 0 Å². The van der Waals surface area contributed by atoms with Gasteiger partial charge in [-0.2, -0.15) is 0 Å². The van der Waals surface area contributed by atoms with Gasteiger partial charge in [0.1, 0.15) is 0 Å². The van der Waals surface area contributed by atoms with Crippen LogP contribution in [0.2, 0.25) is 0 Å². The minimum atomic E-state index is 0.0900. The van der Waals surface area contributed by atoms with Crippen LogP contribution in [-0.2, 0) is 4.79 Å². The molecule has 1 aliphatic rings. The van der Waals surface area contributed by atoms with Crippen molar-refractivity contribution < 1.29 is 4.79 Å². The highest BCUT2D eigenvalue weighted by molar-refractivity contribution is 5.80. The van der Waals surface area contributed by atoms with Gasteiger partial charge in [-0.05, 0) is 20.3 Å². The molecule has 0 bridgehead atoms. The number of amides is 1. The highest BCUT2D eigenvalue weighted by Gasteiger charge is 2.03. The van der Waals surface area contributed by atoms with E-state index in [1.165, 1.54) is 0 Å². The quantitative estimate of drug-likeness (QED) is 0.525. The van der Waals surface area contributed by atoms with E-state index in [9.17, 15) is 4.79 Å². The van der Waals surface area contributed by atoms with Gasteiger partial charge in [-0.3, -0.25) is 4.79 Å². The Kier molecular flexibility index (Phi) is 2.47. The molecule has 0 aromatic carbocycles. The number of hydrogen-bond acceptors (Lipinski definition) is 1. The molecule has 0 saturated carbocycles. The van der Waals surface area contributed by atoms with Crippen LogP contribution >= 0.6 is 0 Å². The fraction of sp³-hybridized carbons (Fsp3) is 0.444. The monoisotopic (exact) mass is 151 g/mol. The molecule has 0 spiro atoms. The molecule has 0 unspecified atom stereocenters. The predicted molar refractivity (Wildman–Crippen MR) is 44.9 cm³/mol. The molecule has 0 fully saturated rings. The average molecular weight is 151 g/mol. The van der Waals surface area contributed by atoms with Crippen LogP contribution in [0.15, 0.2) is 23.4 Å². The van der Waals surface area contributed by atoms with Crippen molar-refractivity contribution in [3.63, 3.8) is 0 Å². The predicted octanol–water partition coefficient (Wildman–Crippen LogP) is 1.75. The van der Waals surface area contributed by atoms with Crippen LogP contribution in [0.4, 0.5) is 0 Å².